The molecule has 0 aromatic heterocycles. The lowest BCUT2D eigenvalue weighted by atomic mass is 10.2. The lowest BCUT2D eigenvalue weighted by molar-refractivity contribution is -0.130. The first kappa shape index (κ1) is 15.1. The predicted molar refractivity (Wildman–Crippen MR) is 77.6 cm³/mol. The maximum atomic E-state index is 11.7. The number of nitrogens with zero attached hydrogens (tertiary/aromatic N) is 1. The molecule has 18 heavy (non-hydrogen) atoms. The van der Waals surface area contributed by atoms with E-state index in [4.69, 9.17) is 5.73 Å². The summed E-state index contributed by atoms with van der Waals surface area (Å²) in [7, 11) is 1.84. The topological polar surface area (TPSA) is 46.3 Å². The maximum Gasteiger partial charge on any atom is 0.222 e. The quantitative estimate of drug-likeness (QED) is 0.771. The van der Waals surface area contributed by atoms with E-state index in [-0.39, 0.29) is 5.91 Å². The molecule has 0 saturated carbocycles. The normalized spacial score (nSPS) is 10.4. The van der Waals surface area contributed by atoms with Crippen molar-refractivity contribution in [2.75, 3.05) is 19.3 Å². The molecule has 2 N–H and O–H groups in total. The lowest BCUT2D eigenvalue weighted by Crippen LogP contribution is -2.26. The molecule has 0 aliphatic rings. The number of hydrogen-bond donors (Lipinski definition) is 1. The standard InChI is InChI=1S/C14H22N2OS/c1-3-18-13-8-6-12(7-9-13)11-16(2)14(17)5-4-10-15/h6-9H,3-5,10-11,15H2,1-2H3. The van der Waals surface area contributed by atoms with Gasteiger partial charge in [0.2, 0.25) is 5.91 Å². The van der Waals surface area contributed by atoms with Crippen LogP contribution in [0.3, 0.4) is 0 Å². The molecule has 1 rings (SSSR count). The molecule has 0 unspecified atom stereocenters. The van der Waals surface area contributed by atoms with E-state index in [0.717, 1.165) is 12.2 Å². The fourth-order valence-electron chi connectivity index (χ4n) is 1.66. The second-order valence-corrected chi connectivity index (χ2v) is 5.56. The van der Waals surface area contributed by atoms with Crippen LogP contribution < -0.4 is 5.73 Å². The zero-order chi connectivity index (χ0) is 13.4. The summed E-state index contributed by atoms with van der Waals surface area (Å²) in [6, 6.07) is 8.40. The smallest absolute Gasteiger partial charge is 0.222 e. The summed E-state index contributed by atoms with van der Waals surface area (Å²) >= 11 is 1.83. The van der Waals surface area contributed by atoms with E-state index in [1.54, 1.807) is 4.90 Å². The van der Waals surface area contributed by atoms with E-state index in [2.05, 4.69) is 31.2 Å². The van der Waals surface area contributed by atoms with Crippen molar-refractivity contribution in [2.24, 2.45) is 5.73 Å². The molecule has 100 valence electrons. The molecule has 0 fully saturated rings. The monoisotopic (exact) mass is 266 g/mol. The van der Waals surface area contributed by atoms with Gasteiger partial charge in [-0.2, -0.15) is 0 Å². The summed E-state index contributed by atoms with van der Waals surface area (Å²) in [6.07, 6.45) is 1.30. The third-order valence-corrected chi connectivity index (χ3v) is 3.57. The van der Waals surface area contributed by atoms with Gasteiger partial charge in [0.1, 0.15) is 0 Å². The van der Waals surface area contributed by atoms with Crippen molar-refractivity contribution < 1.29 is 4.79 Å². The Morgan fingerprint density at radius 1 is 1.33 bits per heavy atom. The summed E-state index contributed by atoms with van der Waals surface area (Å²) in [5.41, 5.74) is 6.57. The molecule has 0 aliphatic carbocycles. The Kier molecular flexibility index (Phi) is 6.83. The third-order valence-electron chi connectivity index (χ3n) is 2.67. The van der Waals surface area contributed by atoms with E-state index in [9.17, 15) is 4.79 Å². The van der Waals surface area contributed by atoms with E-state index in [1.165, 1.54) is 10.5 Å². The number of thioether (sulfide) groups is 1. The van der Waals surface area contributed by atoms with Crippen LogP contribution in [0.2, 0.25) is 0 Å². The number of benzene rings is 1. The molecule has 0 radical (unpaired) electrons. The highest BCUT2D eigenvalue weighted by Crippen LogP contribution is 2.18. The van der Waals surface area contributed by atoms with Gasteiger partial charge in [0.25, 0.3) is 0 Å². The molecule has 1 amide bonds. The van der Waals surface area contributed by atoms with Gasteiger partial charge in [-0.1, -0.05) is 19.1 Å². The van der Waals surface area contributed by atoms with Gasteiger partial charge in [0, 0.05) is 24.9 Å². The van der Waals surface area contributed by atoms with Gasteiger partial charge in [0.05, 0.1) is 0 Å². The highest BCUT2D eigenvalue weighted by Gasteiger charge is 2.08. The minimum absolute atomic E-state index is 0.160. The molecule has 3 nitrogen and oxygen atoms in total. The summed E-state index contributed by atoms with van der Waals surface area (Å²) in [6.45, 7) is 3.38. The molecule has 0 heterocycles. The van der Waals surface area contributed by atoms with Crippen molar-refractivity contribution in [3.05, 3.63) is 29.8 Å². The Hall–Kier alpha value is -1.00. The molecule has 0 bridgehead atoms. The van der Waals surface area contributed by atoms with Gasteiger partial charge in [-0.25, -0.2) is 0 Å². The molecule has 1 aromatic carbocycles. The maximum absolute atomic E-state index is 11.7. The van der Waals surface area contributed by atoms with E-state index in [0.29, 0.717) is 19.5 Å². The number of amides is 1. The van der Waals surface area contributed by atoms with E-state index in [1.807, 2.05) is 18.8 Å². The Bertz CT molecular complexity index is 365. The summed E-state index contributed by atoms with van der Waals surface area (Å²) in [5.74, 6) is 1.24. The van der Waals surface area contributed by atoms with Gasteiger partial charge < -0.3 is 10.6 Å². The Morgan fingerprint density at radius 3 is 2.56 bits per heavy atom. The molecule has 0 atom stereocenters. The van der Waals surface area contributed by atoms with Crippen molar-refractivity contribution in [1.29, 1.82) is 0 Å². The SMILES string of the molecule is CCSc1ccc(CN(C)C(=O)CCCN)cc1. The zero-order valence-electron chi connectivity index (χ0n) is 11.2. The average Bonchev–Trinajstić information content (AvgIpc) is 2.38. The van der Waals surface area contributed by atoms with Crippen LogP contribution in [0.5, 0.6) is 0 Å². The van der Waals surface area contributed by atoms with Crippen molar-refractivity contribution in [3.63, 3.8) is 0 Å². The van der Waals surface area contributed by atoms with Gasteiger partial charge in [-0.05, 0) is 36.4 Å². The Morgan fingerprint density at radius 2 is 2.00 bits per heavy atom. The third kappa shape index (κ3) is 5.10. The minimum Gasteiger partial charge on any atom is -0.341 e. The summed E-state index contributed by atoms with van der Waals surface area (Å²) in [4.78, 5) is 14.8. The molecular weight excluding hydrogens is 244 g/mol. The fraction of sp³-hybridized carbons (Fsp3) is 0.500. The molecule has 0 spiro atoms. The van der Waals surface area contributed by atoms with Gasteiger partial charge in [-0.3, -0.25) is 4.79 Å². The van der Waals surface area contributed by atoms with E-state index < -0.39 is 0 Å². The zero-order valence-corrected chi connectivity index (χ0v) is 12.0. The van der Waals surface area contributed by atoms with Crippen LogP contribution >= 0.6 is 11.8 Å². The molecule has 0 aliphatic heterocycles. The van der Waals surface area contributed by atoms with Crippen molar-refractivity contribution >= 4 is 17.7 Å². The largest absolute Gasteiger partial charge is 0.341 e. The van der Waals surface area contributed by atoms with E-state index >= 15 is 0 Å². The lowest BCUT2D eigenvalue weighted by Gasteiger charge is -2.17. The van der Waals surface area contributed by atoms with Gasteiger partial charge in [0.15, 0.2) is 0 Å². The van der Waals surface area contributed by atoms with Crippen LogP contribution in [0.25, 0.3) is 0 Å². The first-order valence-electron chi connectivity index (χ1n) is 6.33. The second kappa shape index (κ2) is 8.16. The van der Waals surface area contributed by atoms with Crippen LogP contribution in [0.15, 0.2) is 29.2 Å². The second-order valence-electron chi connectivity index (χ2n) is 4.22. The number of carbonyl (C=O) groups excluding carboxylic acids is 1. The summed E-state index contributed by atoms with van der Waals surface area (Å²) < 4.78 is 0. The minimum atomic E-state index is 0.160. The molecular formula is C14H22N2OS. The fourth-order valence-corrected chi connectivity index (χ4v) is 2.33. The summed E-state index contributed by atoms with van der Waals surface area (Å²) in [5, 5.41) is 0. The van der Waals surface area contributed by atoms with Crippen molar-refractivity contribution in [2.45, 2.75) is 31.2 Å². The number of carbonyl (C=O) groups is 1. The van der Waals surface area contributed by atoms with Gasteiger partial charge in [-0.15, -0.1) is 11.8 Å². The molecule has 0 saturated heterocycles. The average molecular weight is 266 g/mol. The van der Waals surface area contributed by atoms with Crippen LogP contribution in [-0.4, -0.2) is 30.2 Å². The predicted octanol–water partition coefficient (Wildman–Crippen LogP) is 2.50. The molecule has 1 aromatic rings. The number of hydrogen-bond acceptors (Lipinski definition) is 3. The first-order valence-corrected chi connectivity index (χ1v) is 7.31. The van der Waals surface area contributed by atoms with Gasteiger partial charge >= 0.3 is 0 Å². The van der Waals surface area contributed by atoms with Crippen LogP contribution in [0.4, 0.5) is 0 Å². The van der Waals surface area contributed by atoms with Crippen LogP contribution in [0, 0.1) is 0 Å². The van der Waals surface area contributed by atoms with Crippen molar-refractivity contribution in [3.8, 4) is 0 Å². The number of rotatable bonds is 7. The highest BCUT2D eigenvalue weighted by molar-refractivity contribution is 7.99. The first-order chi connectivity index (χ1) is 8.67. The highest BCUT2D eigenvalue weighted by atomic mass is 32.2. The van der Waals surface area contributed by atoms with Crippen molar-refractivity contribution in [1.82, 2.24) is 4.90 Å². The Labute approximate surface area is 114 Å². The van der Waals surface area contributed by atoms with Crippen LogP contribution in [-0.2, 0) is 11.3 Å². The Balaban J connectivity index is 2.48. The van der Waals surface area contributed by atoms with Crippen LogP contribution in [0.1, 0.15) is 25.3 Å². The molecule has 4 heteroatoms. The number of nitrogens with two attached hydrogens (primary N) is 1.